The van der Waals surface area contributed by atoms with Crippen LogP contribution < -0.4 is 5.73 Å². The number of carbonyl (C=O) groups is 1. The SMILES string of the molecule is CSCC[C@@H](N)C(=O)N1CC2CCCN2CC1C. The highest BCUT2D eigenvalue weighted by molar-refractivity contribution is 7.98. The normalized spacial score (nSPS) is 30.3. The van der Waals surface area contributed by atoms with E-state index >= 15 is 0 Å². The average molecular weight is 271 g/mol. The summed E-state index contributed by atoms with van der Waals surface area (Å²) < 4.78 is 0. The van der Waals surface area contributed by atoms with Gasteiger partial charge in [0.15, 0.2) is 0 Å². The molecule has 0 aromatic carbocycles. The van der Waals surface area contributed by atoms with Gasteiger partial charge in [0.2, 0.25) is 5.91 Å². The summed E-state index contributed by atoms with van der Waals surface area (Å²) in [5.41, 5.74) is 6.02. The molecule has 0 aromatic heterocycles. The molecular formula is C13H25N3OS. The summed E-state index contributed by atoms with van der Waals surface area (Å²) in [5.74, 6) is 1.12. The van der Waals surface area contributed by atoms with Crippen LogP contribution in [0.25, 0.3) is 0 Å². The Bertz CT molecular complexity index is 300. The molecule has 2 aliphatic rings. The molecule has 0 bridgehead atoms. The van der Waals surface area contributed by atoms with Crippen LogP contribution >= 0.6 is 11.8 Å². The molecule has 2 saturated heterocycles. The van der Waals surface area contributed by atoms with Crippen LogP contribution in [-0.4, -0.2) is 65.5 Å². The van der Waals surface area contributed by atoms with Gasteiger partial charge in [0.1, 0.15) is 0 Å². The molecule has 2 N–H and O–H groups in total. The molecule has 104 valence electrons. The summed E-state index contributed by atoms with van der Waals surface area (Å²) in [6.45, 7) is 5.25. The summed E-state index contributed by atoms with van der Waals surface area (Å²) in [6.07, 6.45) is 5.35. The van der Waals surface area contributed by atoms with E-state index in [-0.39, 0.29) is 11.9 Å². The Morgan fingerprint density at radius 3 is 3.00 bits per heavy atom. The summed E-state index contributed by atoms with van der Waals surface area (Å²) in [4.78, 5) is 16.9. The third-order valence-corrected chi connectivity index (χ3v) is 4.81. The summed E-state index contributed by atoms with van der Waals surface area (Å²) in [5, 5.41) is 0. The molecule has 1 amide bonds. The van der Waals surface area contributed by atoms with Gasteiger partial charge in [0.05, 0.1) is 6.04 Å². The maximum atomic E-state index is 12.4. The third-order valence-electron chi connectivity index (χ3n) is 4.17. The molecule has 2 aliphatic heterocycles. The average Bonchev–Trinajstić information content (AvgIpc) is 2.81. The van der Waals surface area contributed by atoms with E-state index in [2.05, 4.69) is 18.1 Å². The van der Waals surface area contributed by atoms with Crippen molar-refractivity contribution in [2.75, 3.05) is 31.6 Å². The number of rotatable bonds is 4. The van der Waals surface area contributed by atoms with Crippen molar-refractivity contribution in [3.63, 3.8) is 0 Å². The van der Waals surface area contributed by atoms with E-state index in [9.17, 15) is 4.79 Å². The second-order valence-electron chi connectivity index (χ2n) is 5.52. The van der Waals surface area contributed by atoms with Gasteiger partial charge in [-0.1, -0.05) is 0 Å². The van der Waals surface area contributed by atoms with Gasteiger partial charge in [0.25, 0.3) is 0 Å². The number of amides is 1. The maximum Gasteiger partial charge on any atom is 0.239 e. The molecule has 0 spiro atoms. The number of piperazine rings is 1. The number of nitrogens with two attached hydrogens (primary N) is 1. The van der Waals surface area contributed by atoms with E-state index in [1.165, 1.54) is 19.4 Å². The first kappa shape index (κ1) is 14.2. The zero-order valence-corrected chi connectivity index (χ0v) is 12.3. The molecule has 2 fully saturated rings. The van der Waals surface area contributed by atoms with E-state index in [4.69, 9.17) is 5.73 Å². The zero-order valence-electron chi connectivity index (χ0n) is 11.5. The van der Waals surface area contributed by atoms with Crippen molar-refractivity contribution < 1.29 is 4.79 Å². The van der Waals surface area contributed by atoms with Gasteiger partial charge in [-0.25, -0.2) is 0 Å². The van der Waals surface area contributed by atoms with Gasteiger partial charge in [-0.15, -0.1) is 0 Å². The number of thioether (sulfide) groups is 1. The Morgan fingerprint density at radius 2 is 2.28 bits per heavy atom. The molecule has 2 unspecified atom stereocenters. The summed E-state index contributed by atoms with van der Waals surface area (Å²) >= 11 is 1.75. The predicted octanol–water partition coefficient (Wildman–Crippen LogP) is 0.762. The topological polar surface area (TPSA) is 49.6 Å². The fourth-order valence-corrected chi connectivity index (χ4v) is 3.57. The smallest absolute Gasteiger partial charge is 0.239 e. The minimum atomic E-state index is -0.312. The summed E-state index contributed by atoms with van der Waals surface area (Å²) in [7, 11) is 0. The molecule has 5 heteroatoms. The molecule has 0 saturated carbocycles. The molecule has 4 nitrogen and oxygen atoms in total. The van der Waals surface area contributed by atoms with Gasteiger partial charge < -0.3 is 10.6 Å². The fraction of sp³-hybridized carbons (Fsp3) is 0.923. The number of carbonyl (C=O) groups excluding carboxylic acids is 1. The van der Waals surface area contributed by atoms with Crippen molar-refractivity contribution in [2.24, 2.45) is 5.73 Å². The first-order chi connectivity index (χ1) is 8.63. The lowest BCUT2D eigenvalue weighted by molar-refractivity contribution is -0.138. The molecule has 0 aromatic rings. The van der Waals surface area contributed by atoms with E-state index in [1.807, 2.05) is 4.90 Å². The number of hydrogen-bond acceptors (Lipinski definition) is 4. The predicted molar refractivity (Wildman–Crippen MR) is 76.7 cm³/mol. The first-order valence-electron chi connectivity index (χ1n) is 6.92. The largest absolute Gasteiger partial charge is 0.336 e. The van der Waals surface area contributed by atoms with Gasteiger partial charge in [-0.3, -0.25) is 9.69 Å². The lowest BCUT2D eigenvalue weighted by atomic mass is 10.1. The Balaban J connectivity index is 1.92. The quantitative estimate of drug-likeness (QED) is 0.820. The number of nitrogens with zero attached hydrogens (tertiary/aromatic N) is 2. The highest BCUT2D eigenvalue weighted by Gasteiger charge is 2.37. The monoisotopic (exact) mass is 271 g/mol. The standard InChI is InChI=1S/C13H25N3OS/c1-10-8-15-6-3-4-11(15)9-16(10)13(17)12(14)5-7-18-2/h10-12H,3-9,14H2,1-2H3/t10?,11?,12-/m1/s1. The Morgan fingerprint density at radius 1 is 1.50 bits per heavy atom. The van der Waals surface area contributed by atoms with Gasteiger partial charge in [-0.2, -0.15) is 11.8 Å². The van der Waals surface area contributed by atoms with Crippen molar-refractivity contribution in [2.45, 2.75) is 44.3 Å². The number of hydrogen-bond donors (Lipinski definition) is 1. The van der Waals surface area contributed by atoms with Crippen LogP contribution in [0, 0.1) is 0 Å². The van der Waals surface area contributed by atoms with Crippen LogP contribution in [-0.2, 0) is 4.79 Å². The Kier molecular flexibility index (Phi) is 4.92. The van der Waals surface area contributed by atoms with Crippen LogP contribution in [0.3, 0.4) is 0 Å². The summed E-state index contributed by atoms with van der Waals surface area (Å²) in [6, 6.07) is 0.581. The van der Waals surface area contributed by atoms with Crippen molar-refractivity contribution in [1.29, 1.82) is 0 Å². The lowest BCUT2D eigenvalue weighted by Gasteiger charge is -2.43. The van der Waals surface area contributed by atoms with Crippen molar-refractivity contribution in [3.8, 4) is 0 Å². The number of fused-ring (bicyclic) bond motifs is 1. The highest BCUT2D eigenvalue weighted by Crippen LogP contribution is 2.25. The van der Waals surface area contributed by atoms with Crippen LogP contribution in [0.15, 0.2) is 0 Å². The van der Waals surface area contributed by atoms with Gasteiger partial charge in [0, 0.05) is 25.2 Å². The Labute approximate surface area is 114 Å². The minimum Gasteiger partial charge on any atom is -0.336 e. The molecule has 2 rings (SSSR count). The van der Waals surface area contributed by atoms with Crippen LogP contribution in [0.2, 0.25) is 0 Å². The zero-order chi connectivity index (χ0) is 13.1. The molecular weight excluding hydrogens is 246 g/mol. The molecule has 18 heavy (non-hydrogen) atoms. The van der Waals surface area contributed by atoms with Gasteiger partial charge >= 0.3 is 0 Å². The molecule has 2 heterocycles. The second-order valence-corrected chi connectivity index (χ2v) is 6.50. The fourth-order valence-electron chi connectivity index (χ4n) is 3.08. The van der Waals surface area contributed by atoms with Crippen molar-refractivity contribution >= 4 is 17.7 Å². The highest BCUT2D eigenvalue weighted by atomic mass is 32.2. The molecule has 0 radical (unpaired) electrons. The van der Waals surface area contributed by atoms with Crippen LogP contribution in [0.4, 0.5) is 0 Å². The molecule has 3 atom stereocenters. The van der Waals surface area contributed by atoms with Crippen LogP contribution in [0.1, 0.15) is 26.2 Å². The van der Waals surface area contributed by atoms with E-state index in [1.54, 1.807) is 11.8 Å². The maximum absolute atomic E-state index is 12.4. The second kappa shape index (κ2) is 6.26. The lowest BCUT2D eigenvalue weighted by Crippen LogP contribution is -2.59. The molecule has 0 aliphatic carbocycles. The van der Waals surface area contributed by atoms with E-state index in [0.717, 1.165) is 25.3 Å². The van der Waals surface area contributed by atoms with Crippen LogP contribution in [0.5, 0.6) is 0 Å². The Hall–Kier alpha value is -0.260. The van der Waals surface area contributed by atoms with E-state index < -0.39 is 0 Å². The minimum absolute atomic E-state index is 0.156. The van der Waals surface area contributed by atoms with Crippen molar-refractivity contribution in [3.05, 3.63) is 0 Å². The van der Waals surface area contributed by atoms with Gasteiger partial charge in [-0.05, 0) is 44.7 Å². The van der Waals surface area contributed by atoms with E-state index in [0.29, 0.717) is 12.1 Å². The third kappa shape index (κ3) is 3.00. The van der Waals surface area contributed by atoms with Crippen molar-refractivity contribution in [1.82, 2.24) is 9.80 Å². The first-order valence-corrected chi connectivity index (χ1v) is 8.32.